The molecule has 16 nitrogen and oxygen atoms in total. The van der Waals surface area contributed by atoms with Crippen LogP contribution < -0.4 is 26.6 Å². The molecule has 4 amide bonds. The van der Waals surface area contributed by atoms with Gasteiger partial charge in [-0.3, -0.25) is 24.5 Å². The first-order valence-electron chi connectivity index (χ1n) is 13.3. The summed E-state index contributed by atoms with van der Waals surface area (Å²) in [6.07, 6.45) is 0.558. The van der Waals surface area contributed by atoms with E-state index in [1.165, 1.54) is 0 Å². The summed E-state index contributed by atoms with van der Waals surface area (Å²) in [5, 5.41) is 48.7. The first-order valence-corrected chi connectivity index (χ1v) is 13.3. The molecule has 0 aromatic rings. The summed E-state index contributed by atoms with van der Waals surface area (Å²) in [7, 11) is 0. The average molecular weight is 590 g/mol. The molecule has 234 valence electrons. The minimum atomic E-state index is -1.52. The van der Waals surface area contributed by atoms with E-state index in [-0.39, 0.29) is 50.1 Å². The highest BCUT2D eigenvalue weighted by Crippen LogP contribution is 2.08. The molecule has 0 bridgehead atoms. The number of carbonyl (C=O) groups excluding carboxylic acids is 3. The second-order valence-electron chi connectivity index (χ2n) is 10.5. The van der Waals surface area contributed by atoms with E-state index >= 15 is 0 Å². The zero-order valence-electron chi connectivity index (χ0n) is 23.7. The van der Waals surface area contributed by atoms with E-state index in [0.717, 1.165) is 0 Å². The summed E-state index contributed by atoms with van der Waals surface area (Å²) in [4.78, 5) is 80.5. The van der Waals surface area contributed by atoms with Crippen LogP contribution in [0.15, 0.2) is 0 Å². The van der Waals surface area contributed by atoms with Crippen molar-refractivity contribution in [2.24, 2.45) is 0 Å². The fraction of sp³-hybridized carbons (Fsp3) is 0.720. The molecule has 41 heavy (non-hydrogen) atoms. The lowest BCUT2D eigenvalue weighted by Gasteiger charge is -2.26. The molecule has 0 aromatic carbocycles. The van der Waals surface area contributed by atoms with Gasteiger partial charge in [-0.05, 0) is 59.3 Å². The number of hydrogen-bond donors (Lipinski definition) is 9. The number of urea groups is 1. The Balaban J connectivity index is 4.25. The summed E-state index contributed by atoms with van der Waals surface area (Å²) in [6.45, 7) is 6.03. The van der Waals surface area contributed by atoms with Crippen LogP contribution in [0.25, 0.3) is 0 Å². The second-order valence-corrected chi connectivity index (χ2v) is 10.5. The summed E-state index contributed by atoms with van der Waals surface area (Å²) in [5.74, 6) is -5.82. The number of carboxylic acid groups (broad SMARTS) is 4. The number of aliphatic carboxylic acids is 4. The normalized spacial score (nSPS) is 13.2. The molecule has 0 unspecified atom stereocenters. The number of rotatable bonds is 21. The molecule has 0 aliphatic heterocycles. The number of unbranched alkanes of at least 4 members (excludes halogenated alkanes) is 1. The van der Waals surface area contributed by atoms with Gasteiger partial charge in [-0.2, -0.15) is 0 Å². The predicted octanol–water partition coefficient (Wildman–Crippen LogP) is -0.139. The van der Waals surface area contributed by atoms with E-state index in [9.17, 15) is 43.8 Å². The Bertz CT molecular complexity index is 920. The van der Waals surface area contributed by atoms with Crippen LogP contribution >= 0.6 is 0 Å². The number of amides is 4. The first-order chi connectivity index (χ1) is 19.0. The van der Waals surface area contributed by atoms with Gasteiger partial charge in [0.1, 0.15) is 18.1 Å². The van der Waals surface area contributed by atoms with Crippen LogP contribution in [0.2, 0.25) is 0 Å². The van der Waals surface area contributed by atoms with Crippen LogP contribution in [0, 0.1) is 0 Å². The van der Waals surface area contributed by atoms with Gasteiger partial charge in [0.05, 0.1) is 0 Å². The van der Waals surface area contributed by atoms with Crippen molar-refractivity contribution in [2.75, 3.05) is 13.1 Å². The number of hydrogen-bond acceptors (Lipinski definition) is 8. The summed E-state index contributed by atoms with van der Waals surface area (Å²) < 4.78 is 0. The highest BCUT2D eigenvalue weighted by Gasteiger charge is 2.25. The van der Waals surface area contributed by atoms with Crippen molar-refractivity contribution < 1.29 is 54.0 Å². The van der Waals surface area contributed by atoms with Crippen molar-refractivity contribution in [1.29, 1.82) is 0 Å². The lowest BCUT2D eigenvalue weighted by molar-refractivity contribution is -0.141. The van der Waals surface area contributed by atoms with Crippen molar-refractivity contribution in [3.63, 3.8) is 0 Å². The molecule has 0 saturated heterocycles. The summed E-state index contributed by atoms with van der Waals surface area (Å²) >= 11 is 0. The number of carboxylic acids is 4. The summed E-state index contributed by atoms with van der Waals surface area (Å²) in [5.41, 5.74) is -0.345. The standard InChI is InChI=1S/C25H43N5O11/c1-25(2,3)30-17(23(39)40)7-4-5-13-26-18(31)10-11-19(32)27-14-6-8-15(21(35)36)28-24(41)29-16(22(37)38)9-12-20(33)34/h15-17,30H,4-14H2,1-3H3,(H,26,31)(H,27,32)(H,33,34)(H,35,36)(H,37,38)(H,39,40)(H2,28,29,41)/t15-,16-,17+/m0/s1. The molecule has 0 fully saturated rings. The Hall–Kier alpha value is -3.95. The van der Waals surface area contributed by atoms with E-state index in [2.05, 4.69) is 21.3 Å². The number of nitrogens with one attached hydrogen (secondary N) is 5. The molecule has 0 aromatic heterocycles. The third-order valence-electron chi connectivity index (χ3n) is 5.57. The highest BCUT2D eigenvalue weighted by atomic mass is 16.4. The lowest BCUT2D eigenvalue weighted by atomic mass is 10.0. The number of carbonyl (C=O) groups is 7. The largest absolute Gasteiger partial charge is 0.481 e. The monoisotopic (exact) mass is 589 g/mol. The van der Waals surface area contributed by atoms with Crippen LogP contribution in [-0.4, -0.2) is 98.9 Å². The van der Waals surface area contributed by atoms with Gasteiger partial charge >= 0.3 is 29.9 Å². The second kappa shape index (κ2) is 19.2. The van der Waals surface area contributed by atoms with Gasteiger partial charge in [-0.15, -0.1) is 0 Å². The van der Waals surface area contributed by atoms with E-state index in [1.54, 1.807) is 0 Å². The van der Waals surface area contributed by atoms with Crippen LogP contribution in [0.3, 0.4) is 0 Å². The Morgan fingerprint density at radius 1 is 0.585 bits per heavy atom. The van der Waals surface area contributed by atoms with Gasteiger partial charge in [0.15, 0.2) is 0 Å². The van der Waals surface area contributed by atoms with Crippen LogP contribution in [0.5, 0.6) is 0 Å². The van der Waals surface area contributed by atoms with Crippen LogP contribution in [0.1, 0.15) is 78.6 Å². The Morgan fingerprint density at radius 2 is 1.02 bits per heavy atom. The van der Waals surface area contributed by atoms with Crippen LogP contribution in [0.4, 0.5) is 4.79 Å². The maximum Gasteiger partial charge on any atom is 0.326 e. The Labute approximate surface area is 238 Å². The molecule has 3 atom stereocenters. The SMILES string of the molecule is CC(C)(C)N[C@H](CCCCNC(=O)CCC(=O)NCCC[C@H](NC(=O)N[C@@H](CCC(=O)O)C(=O)O)C(=O)O)C(=O)O. The molecular weight excluding hydrogens is 546 g/mol. The van der Waals surface area contributed by atoms with Gasteiger partial charge < -0.3 is 41.7 Å². The molecule has 0 rings (SSSR count). The molecule has 0 aliphatic carbocycles. The van der Waals surface area contributed by atoms with Gasteiger partial charge in [-0.25, -0.2) is 14.4 Å². The lowest BCUT2D eigenvalue weighted by Crippen LogP contribution is -2.51. The molecule has 0 heterocycles. The zero-order valence-corrected chi connectivity index (χ0v) is 23.7. The minimum Gasteiger partial charge on any atom is -0.481 e. The van der Waals surface area contributed by atoms with Gasteiger partial charge in [0, 0.05) is 37.9 Å². The topological polar surface area (TPSA) is 261 Å². The van der Waals surface area contributed by atoms with Crippen molar-refractivity contribution >= 4 is 41.7 Å². The predicted molar refractivity (Wildman–Crippen MR) is 144 cm³/mol. The Kier molecular flexibility index (Phi) is 17.3. The molecule has 0 radical (unpaired) electrons. The van der Waals surface area contributed by atoms with Gasteiger partial charge in [0.25, 0.3) is 0 Å². The first kappa shape index (κ1) is 37.0. The molecule has 0 aliphatic rings. The van der Waals surface area contributed by atoms with Crippen molar-refractivity contribution in [1.82, 2.24) is 26.6 Å². The fourth-order valence-electron chi connectivity index (χ4n) is 3.56. The van der Waals surface area contributed by atoms with E-state index < -0.39 is 60.4 Å². The van der Waals surface area contributed by atoms with Gasteiger partial charge in [-0.1, -0.05) is 0 Å². The van der Waals surface area contributed by atoms with Crippen LogP contribution in [-0.2, 0) is 28.8 Å². The smallest absolute Gasteiger partial charge is 0.326 e. The van der Waals surface area contributed by atoms with E-state index in [1.807, 2.05) is 26.1 Å². The van der Waals surface area contributed by atoms with Crippen molar-refractivity contribution in [3.8, 4) is 0 Å². The maximum absolute atomic E-state index is 12.0. The highest BCUT2D eigenvalue weighted by molar-refractivity contribution is 5.86. The maximum atomic E-state index is 12.0. The quantitative estimate of drug-likeness (QED) is 0.0792. The molecular formula is C25H43N5O11. The zero-order chi connectivity index (χ0) is 31.6. The fourth-order valence-corrected chi connectivity index (χ4v) is 3.56. The minimum absolute atomic E-state index is 0.0667. The third kappa shape index (κ3) is 19.7. The molecule has 16 heteroatoms. The molecule has 9 N–H and O–H groups in total. The van der Waals surface area contributed by atoms with E-state index in [0.29, 0.717) is 25.8 Å². The average Bonchev–Trinajstić information content (AvgIpc) is 2.84. The van der Waals surface area contributed by atoms with Gasteiger partial charge in [0.2, 0.25) is 11.8 Å². The van der Waals surface area contributed by atoms with Crippen molar-refractivity contribution in [2.45, 2.75) is 102 Å². The summed E-state index contributed by atoms with van der Waals surface area (Å²) in [6, 6.07) is -4.68. The molecule has 0 saturated carbocycles. The van der Waals surface area contributed by atoms with E-state index in [4.69, 9.17) is 10.2 Å². The van der Waals surface area contributed by atoms with Crippen molar-refractivity contribution in [3.05, 3.63) is 0 Å². The molecule has 0 spiro atoms. The Morgan fingerprint density at radius 3 is 1.46 bits per heavy atom. The third-order valence-corrected chi connectivity index (χ3v) is 5.57.